The molecule has 318 valence electrons. The molecule has 58 heavy (non-hydrogen) atoms. The average Bonchev–Trinajstić information content (AvgIpc) is 3.10. The summed E-state index contributed by atoms with van der Waals surface area (Å²) in [4.78, 5) is 0. The largest absolute Gasteiger partial charge is 0.493 e. The highest BCUT2D eigenvalue weighted by molar-refractivity contribution is 5.35. The first kappa shape index (κ1) is 45.8. The Kier molecular flexibility index (Phi) is 15.9. The minimum atomic E-state index is -4.71. The first-order valence-corrected chi connectivity index (χ1v) is 18.0. The lowest BCUT2D eigenvalue weighted by molar-refractivity contribution is -0.190. The molecule has 4 aromatic rings. The van der Waals surface area contributed by atoms with Crippen LogP contribution in [0.25, 0.3) is 0 Å². The number of alkyl halides is 4. The molecule has 0 aliphatic carbocycles. The van der Waals surface area contributed by atoms with E-state index in [1.165, 1.54) is 0 Å². The van der Waals surface area contributed by atoms with Crippen LogP contribution < -0.4 is 18.9 Å². The molecule has 4 aromatic carbocycles. The Morgan fingerprint density at radius 1 is 0.397 bits per heavy atom. The van der Waals surface area contributed by atoms with Crippen molar-refractivity contribution >= 4 is 0 Å². The van der Waals surface area contributed by atoms with Gasteiger partial charge in [0.1, 0.15) is 57.4 Å². The number of halogens is 14. The third kappa shape index (κ3) is 12.5. The van der Waals surface area contributed by atoms with E-state index in [2.05, 4.69) is 16.4 Å². The predicted octanol–water partition coefficient (Wildman–Crippen LogP) is 13.3. The Morgan fingerprint density at radius 3 is 0.983 bits per heavy atom. The van der Waals surface area contributed by atoms with Gasteiger partial charge in [0, 0.05) is 48.5 Å². The second-order valence-corrected chi connectivity index (χ2v) is 13.4. The fraction of sp³-hybridized carbons (Fsp3) is 0.400. The SMILES string of the molecule is CC(CCCCCCOc1cc(F)c(C(F)(F)Oc2cc(F)c(F)c(F)c2)c(F)c1)CCCCCCOc1cc(F)c(C(F)(F)Oc2cc(F)c(F)c(F)c2)c(F)c1. The van der Waals surface area contributed by atoms with Crippen molar-refractivity contribution in [1.29, 1.82) is 0 Å². The number of unbranched alkanes of at least 4 members (excludes halogenated alkanes) is 6. The van der Waals surface area contributed by atoms with E-state index in [4.69, 9.17) is 9.47 Å². The van der Waals surface area contributed by atoms with Crippen LogP contribution in [0, 0.1) is 64.1 Å². The average molecular weight is 847 g/mol. The van der Waals surface area contributed by atoms with Gasteiger partial charge in [-0.2, -0.15) is 17.6 Å². The summed E-state index contributed by atoms with van der Waals surface area (Å²) in [6.07, 6.45) is -1.77. The molecule has 4 nitrogen and oxygen atoms in total. The summed E-state index contributed by atoms with van der Waals surface area (Å²) in [6, 6.07) is 2.45. The van der Waals surface area contributed by atoms with E-state index in [0.29, 0.717) is 55.9 Å². The van der Waals surface area contributed by atoms with Crippen LogP contribution in [0.3, 0.4) is 0 Å². The van der Waals surface area contributed by atoms with Crippen LogP contribution in [-0.4, -0.2) is 13.2 Å². The van der Waals surface area contributed by atoms with Crippen molar-refractivity contribution in [2.75, 3.05) is 13.2 Å². The molecule has 0 atom stereocenters. The molecule has 0 bridgehead atoms. The molecule has 0 N–H and O–H groups in total. The standard InChI is InChI=1S/C40H36F14O4/c1-22(10-6-2-4-8-12-55-23-14-27(41)35(28(42)15-23)39(51,52)57-25-18-31(45)37(49)32(46)19-25)11-7-3-5-9-13-56-24-16-29(43)36(30(44)17-24)40(53,54)58-26-20-33(47)38(50)34(48)21-26/h14-22H,2-13H2,1H3. The van der Waals surface area contributed by atoms with Crippen molar-refractivity contribution in [1.82, 2.24) is 0 Å². The lowest BCUT2D eigenvalue weighted by Gasteiger charge is -2.20. The summed E-state index contributed by atoms with van der Waals surface area (Å²) >= 11 is 0. The fourth-order valence-electron chi connectivity index (χ4n) is 5.82. The molecule has 0 amide bonds. The van der Waals surface area contributed by atoms with E-state index in [0.717, 1.165) is 38.5 Å². The van der Waals surface area contributed by atoms with Crippen molar-refractivity contribution < 1.29 is 80.4 Å². The van der Waals surface area contributed by atoms with Gasteiger partial charge >= 0.3 is 12.2 Å². The Morgan fingerprint density at radius 2 is 0.672 bits per heavy atom. The second-order valence-electron chi connectivity index (χ2n) is 13.4. The highest BCUT2D eigenvalue weighted by atomic mass is 19.3. The van der Waals surface area contributed by atoms with E-state index >= 15 is 0 Å². The van der Waals surface area contributed by atoms with Crippen LogP contribution in [-0.2, 0) is 12.2 Å². The van der Waals surface area contributed by atoms with Gasteiger partial charge in [0.25, 0.3) is 0 Å². The first-order valence-electron chi connectivity index (χ1n) is 18.0. The number of benzene rings is 4. The smallest absolute Gasteiger partial charge is 0.432 e. The number of hydrogen-bond donors (Lipinski definition) is 0. The van der Waals surface area contributed by atoms with Crippen molar-refractivity contribution in [3.8, 4) is 23.0 Å². The van der Waals surface area contributed by atoms with Gasteiger partial charge in [-0.1, -0.05) is 58.3 Å². The third-order valence-corrected chi connectivity index (χ3v) is 8.74. The van der Waals surface area contributed by atoms with E-state index in [1.807, 2.05) is 0 Å². The van der Waals surface area contributed by atoms with Gasteiger partial charge in [0.15, 0.2) is 34.9 Å². The van der Waals surface area contributed by atoms with E-state index in [-0.39, 0.29) is 49.0 Å². The summed E-state index contributed by atoms with van der Waals surface area (Å²) in [5, 5.41) is 0. The van der Waals surface area contributed by atoms with Crippen LogP contribution in [0.1, 0.15) is 82.3 Å². The Labute approximate surface area is 323 Å². The topological polar surface area (TPSA) is 36.9 Å². The molecule has 0 radical (unpaired) electrons. The van der Waals surface area contributed by atoms with Gasteiger partial charge in [-0.3, -0.25) is 0 Å². The zero-order valence-electron chi connectivity index (χ0n) is 30.6. The van der Waals surface area contributed by atoms with E-state index in [1.54, 1.807) is 0 Å². The van der Waals surface area contributed by atoms with Crippen LogP contribution in [0.4, 0.5) is 61.5 Å². The molecule has 18 heteroatoms. The summed E-state index contributed by atoms with van der Waals surface area (Å²) < 4.78 is 214. The molecule has 0 spiro atoms. The lowest BCUT2D eigenvalue weighted by Crippen LogP contribution is -2.25. The molecule has 4 rings (SSSR count). The summed E-state index contributed by atoms with van der Waals surface area (Å²) in [7, 11) is 0. The van der Waals surface area contributed by atoms with Gasteiger partial charge in [0.2, 0.25) is 0 Å². The molecule has 0 aromatic heterocycles. The first-order chi connectivity index (χ1) is 27.3. The summed E-state index contributed by atoms with van der Waals surface area (Å²) in [5.74, 6) is -21.0. The predicted molar refractivity (Wildman–Crippen MR) is 181 cm³/mol. The summed E-state index contributed by atoms with van der Waals surface area (Å²) in [6.45, 7) is 2.15. The fourth-order valence-corrected chi connectivity index (χ4v) is 5.82. The van der Waals surface area contributed by atoms with Crippen LogP contribution in [0.2, 0.25) is 0 Å². The number of ether oxygens (including phenoxy) is 4. The molecule has 0 heterocycles. The maximum absolute atomic E-state index is 14.5. The Balaban J connectivity index is 1.07. The normalized spacial score (nSPS) is 12.0. The Bertz CT molecular complexity index is 1780. The van der Waals surface area contributed by atoms with Crippen LogP contribution in [0.15, 0.2) is 48.5 Å². The minimum absolute atomic E-state index is 0.0317. The zero-order valence-corrected chi connectivity index (χ0v) is 30.6. The van der Waals surface area contributed by atoms with Gasteiger partial charge in [-0.25, -0.2) is 43.9 Å². The van der Waals surface area contributed by atoms with Crippen molar-refractivity contribution in [3.63, 3.8) is 0 Å². The molecule has 0 aliphatic rings. The van der Waals surface area contributed by atoms with Gasteiger partial charge in [-0.15, -0.1) is 0 Å². The monoisotopic (exact) mass is 846 g/mol. The quantitative estimate of drug-likeness (QED) is 0.0449. The highest BCUT2D eigenvalue weighted by Gasteiger charge is 2.43. The molecule has 0 fully saturated rings. The van der Waals surface area contributed by atoms with Crippen LogP contribution in [0.5, 0.6) is 23.0 Å². The van der Waals surface area contributed by atoms with Crippen LogP contribution >= 0.6 is 0 Å². The molecular formula is C40H36F14O4. The van der Waals surface area contributed by atoms with Crippen molar-refractivity contribution in [2.24, 2.45) is 5.92 Å². The molecule has 0 unspecified atom stereocenters. The van der Waals surface area contributed by atoms with Gasteiger partial charge < -0.3 is 18.9 Å². The van der Waals surface area contributed by atoms with E-state index in [9.17, 15) is 61.5 Å². The van der Waals surface area contributed by atoms with Crippen molar-refractivity contribution in [3.05, 3.63) is 118 Å². The van der Waals surface area contributed by atoms with E-state index < -0.39 is 93.0 Å². The maximum atomic E-state index is 14.5. The minimum Gasteiger partial charge on any atom is -0.493 e. The molecule has 0 saturated carbocycles. The second kappa shape index (κ2) is 20.2. The molecular weight excluding hydrogens is 810 g/mol. The lowest BCUT2D eigenvalue weighted by atomic mass is 9.96. The number of hydrogen-bond acceptors (Lipinski definition) is 4. The Hall–Kier alpha value is -4.90. The van der Waals surface area contributed by atoms with Crippen molar-refractivity contribution in [2.45, 2.75) is 83.3 Å². The third-order valence-electron chi connectivity index (χ3n) is 8.74. The van der Waals surface area contributed by atoms with Gasteiger partial charge in [-0.05, 0) is 18.8 Å². The molecule has 0 saturated heterocycles. The summed E-state index contributed by atoms with van der Waals surface area (Å²) in [5.41, 5.74) is -3.67. The molecule has 0 aliphatic heterocycles. The number of rotatable bonds is 22. The maximum Gasteiger partial charge on any atom is 0.432 e. The highest BCUT2D eigenvalue weighted by Crippen LogP contribution is 2.39. The van der Waals surface area contributed by atoms with Gasteiger partial charge in [0.05, 0.1) is 13.2 Å². The zero-order chi connectivity index (χ0) is 42.8.